The maximum Gasteiger partial charge on any atom is 0.291 e. The molecule has 156 valence electrons. The summed E-state index contributed by atoms with van der Waals surface area (Å²) in [6.45, 7) is 0. The zero-order chi connectivity index (χ0) is 21.9. The number of fused-ring (bicyclic) bond motifs is 1. The van der Waals surface area contributed by atoms with Crippen LogP contribution in [0.25, 0.3) is 22.5 Å². The first-order valence-corrected chi connectivity index (χ1v) is 9.68. The van der Waals surface area contributed by atoms with E-state index in [2.05, 4.69) is 25.4 Å². The molecule has 0 aliphatic rings. The molecule has 0 fully saturated rings. The first-order chi connectivity index (χ1) is 15.7. The number of amides is 1. The van der Waals surface area contributed by atoms with E-state index < -0.39 is 5.91 Å². The van der Waals surface area contributed by atoms with Gasteiger partial charge in [0.1, 0.15) is 11.3 Å². The number of rotatable bonds is 5. The van der Waals surface area contributed by atoms with Gasteiger partial charge in [-0.15, -0.1) is 0 Å². The van der Waals surface area contributed by atoms with E-state index in [0.717, 1.165) is 5.56 Å². The molecule has 0 spiro atoms. The van der Waals surface area contributed by atoms with E-state index >= 15 is 0 Å². The Morgan fingerprint density at radius 2 is 1.88 bits per heavy atom. The zero-order valence-corrected chi connectivity index (χ0v) is 16.6. The molecule has 0 saturated carbocycles. The number of anilines is 1. The topological polar surface area (TPSA) is 124 Å². The van der Waals surface area contributed by atoms with Gasteiger partial charge in [0.15, 0.2) is 11.2 Å². The lowest BCUT2D eigenvalue weighted by atomic mass is 10.1. The molecule has 32 heavy (non-hydrogen) atoms. The Hall–Kier alpha value is -4.66. The van der Waals surface area contributed by atoms with E-state index in [1.807, 2.05) is 12.1 Å². The molecule has 5 rings (SSSR count). The Bertz CT molecular complexity index is 1480. The van der Waals surface area contributed by atoms with Crippen molar-refractivity contribution < 1.29 is 13.7 Å². The van der Waals surface area contributed by atoms with Crippen LogP contribution in [0.2, 0.25) is 0 Å². The number of hydrogen-bond acceptors (Lipinski definition) is 8. The van der Waals surface area contributed by atoms with Gasteiger partial charge in [0.25, 0.3) is 5.91 Å². The number of aromatic nitrogens is 4. The number of nitrogens with one attached hydrogen (secondary N) is 1. The van der Waals surface area contributed by atoms with Crippen LogP contribution in [0.3, 0.4) is 0 Å². The molecular weight excluding hydrogens is 410 g/mol. The number of carbonyl (C=O) groups excluding carboxylic acids is 1. The Kier molecular flexibility index (Phi) is 4.97. The third-order valence-corrected chi connectivity index (χ3v) is 4.73. The molecule has 0 radical (unpaired) electrons. The molecule has 0 bridgehead atoms. The van der Waals surface area contributed by atoms with Crippen LogP contribution in [-0.2, 0) is 6.42 Å². The van der Waals surface area contributed by atoms with Crippen LogP contribution in [0, 0.1) is 0 Å². The van der Waals surface area contributed by atoms with Crippen molar-refractivity contribution >= 4 is 22.6 Å². The predicted molar refractivity (Wildman–Crippen MR) is 115 cm³/mol. The van der Waals surface area contributed by atoms with Gasteiger partial charge in [-0.05, 0) is 23.8 Å². The van der Waals surface area contributed by atoms with E-state index in [1.54, 1.807) is 55.0 Å². The molecule has 2 aromatic carbocycles. The van der Waals surface area contributed by atoms with Gasteiger partial charge in [0.05, 0.1) is 18.0 Å². The highest BCUT2D eigenvalue weighted by Crippen LogP contribution is 2.21. The highest BCUT2D eigenvalue weighted by molar-refractivity contribution is 6.03. The lowest BCUT2D eigenvalue weighted by molar-refractivity contribution is 0.0997. The minimum Gasteiger partial charge on any atom is -0.451 e. The SMILES string of the molecule is O=C(Nc1ccccc1Cc1nc(-c2cnccn2)no1)c1cc(=O)c2ccccc2o1. The largest absolute Gasteiger partial charge is 0.451 e. The van der Waals surface area contributed by atoms with Gasteiger partial charge in [0, 0.05) is 24.1 Å². The molecule has 0 saturated heterocycles. The summed E-state index contributed by atoms with van der Waals surface area (Å²) in [4.78, 5) is 37.6. The maximum absolute atomic E-state index is 12.8. The van der Waals surface area contributed by atoms with Crippen molar-refractivity contribution in [3.63, 3.8) is 0 Å². The van der Waals surface area contributed by atoms with Crippen LogP contribution in [0.5, 0.6) is 0 Å². The van der Waals surface area contributed by atoms with Crippen LogP contribution in [0.4, 0.5) is 5.69 Å². The summed E-state index contributed by atoms with van der Waals surface area (Å²) in [5.41, 5.74) is 1.84. The smallest absolute Gasteiger partial charge is 0.291 e. The molecule has 0 aliphatic carbocycles. The van der Waals surface area contributed by atoms with Crippen LogP contribution in [-0.4, -0.2) is 26.0 Å². The van der Waals surface area contributed by atoms with Crippen LogP contribution in [0.1, 0.15) is 22.0 Å². The molecule has 3 aromatic heterocycles. The highest BCUT2D eigenvalue weighted by Gasteiger charge is 2.16. The van der Waals surface area contributed by atoms with Gasteiger partial charge in [-0.25, -0.2) is 4.98 Å². The number of benzene rings is 2. The highest BCUT2D eigenvalue weighted by atomic mass is 16.5. The minimum absolute atomic E-state index is 0.0776. The second kappa shape index (κ2) is 8.23. The molecule has 0 unspecified atom stereocenters. The molecule has 5 aromatic rings. The Balaban J connectivity index is 1.39. The third-order valence-electron chi connectivity index (χ3n) is 4.73. The Morgan fingerprint density at radius 3 is 2.75 bits per heavy atom. The Labute approximate surface area is 180 Å². The molecule has 0 atom stereocenters. The molecule has 0 aliphatic heterocycles. The number of carbonyl (C=O) groups is 1. The number of hydrogen-bond donors (Lipinski definition) is 1. The summed E-state index contributed by atoms with van der Waals surface area (Å²) in [6, 6.07) is 15.2. The van der Waals surface area contributed by atoms with Crippen molar-refractivity contribution in [2.75, 3.05) is 5.32 Å². The van der Waals surface area contributed by atoms with Crippen molar-refractivity contribution in [3.05, 3.63) is 101 Å². The van der Waals surface area contributed by atoms with Crippen molar-refractivity contribution in [1.29, 1.82) is 0 Å². The molecule has 9 nitrogen and oxygen atoms in total. The molecule has 1 N–H and O–H groups in total. The lowest BCUT2D eigenvalue weighted by Crippen LogP contribution is -2.16. The summed E-state index contributed by atoms with van der Waals surface area (Å²) in [5.74, 6) is 0.0643. The van der Waals surface area contributed by atoms with Crippen molar-refractivity contribution in [2.45, 2.75) is 6.42 Å². The normalized spacial score (nSPS) is 10.9. The fraction of sp³-hybridized carbons (Fsp3) is 0.0435. The third kappa shape index (κ3) is 3.86. The van der Waals surface area contributed by atoms with Crippen LogP contribution >= 0.6 is 0 Å². The first kappa shape index (κ1) is 19.3. The van der Waals surface area contributed by atoms with E-state index in [-0.39, 0.29) is 17.6 Å². The van der Waals surface area contributed by atoms with Gasteiger partial charge >= 0.3 is 0 Å². The van der Waals surface area contributed by atoms with Crippen molar-refractivity contribution in [1.82, 2.24) is 20.1 Å². The van der Waals surface area contributed by atoms with E-state index in [9.17, 15) is 9.59 Å². The zero-order valence-electron chi connectivity index (χ0n) is 16.6. The lowest BCUT2D eigenvalue weighted by Gasteiger charge is -2.09. The van der Waals surface area contributed by atoms with Crippen molar-refractivity contribution in [2.24, 2.45) is 0 Å². The summed E-state index contributed by atoms with van der Waals surface area (Å²) >= 11 is 0. The quantitative estimate of drug-likeness (QED) is 0.454. The fourth-order valence-electron chi connectivity index (χ4n) is 3.20. The summed E-state index contributed by atoms with van der Waals surface area (Å²) < 4.78 is 11.0. The standard InChI is InChI=1S/C23H15N5O4/c29-18-12-20(31-19-8-4-2-6-15(18)19)23(30)26-16-7-3-1-5-14(16)11-21-27-22(28-32-21)17-13-24-9-10-25-17/h1-10,12-13H,11H2,(H,26,30). The summed E-state index contributed by atoms with van der Waals surface area (Å²) in [6.07, 6.45) is 4.92. The second-order valence-corrected chi connectivity index (χ2v) is 6.86. The van der Waals surface area contributed by atoms with E-state index in [1.165, 1.54) is 6.07 Å². The average molecular weight is 425 g/mol. The summed E-state index contributed by atoms with van der Waals surface area (Å²) in [5, 5.41) is 7.14. The van der Waals surface area contributed by atoms with Crippen molar-refractivity contribution in [3.8, 4) is 11.5 Å². The number of para-hydroxylation sites is 2. The number of nitrogens with zero attached hydrogens (tertiary/aromatic N) is 4. The second-order valence-electron chi connectivity index (χ2n) is 6.86. The minimum atomic E-state index is -0.536. The maximum atomic E-state index is 12.8. The molecule has 9 heteroatoms. The van der Waals surface area contributed by atoms with Crippen LogP contribution < -0.4 is 10.7 Å². The summed E-state index contributed by atoms with van der Waals surface area (Å²) in [7, 11) is 0. The fourth-order valence-corrected chi connectivity index (χ4v) is 3.20. The predicted octanol–water partition coefficient (Wildman–Crippen LogP) is 3.48. The molecule has 3 heterocycles. The Morgan fingerprint density at radius 1 is 1.03 bits per heavy atom. The monoisotopic (exact) mass is 425 g/mol. The average Bonchev–Trinajstić information content (AvgIpc) is 3.29. The van der Waals surface area contributed by atoms with Gasteiger partial charge in [-0.1, -0.05) is 35.5 Å². The van der Waals surface area contributed by atoms with Crippen LogP contribution in [0.15, 0.2) is 86.9 Å². The van der Waals surface area contributed by atoms with E-state index in [0.29, 0.717) is 34.1 Å². The molecular formula is C23H15N5O4. The van der Waals surface area contributed by atoms with Gasteiger partial charge in [0.2, 0.25) is 11.7 Å². The van der Waals surface area contributed by atoms with Gasteiger partial charge in [-0.3, -0.25) is 14.6 Å². The molecule has 1 amide bonds. The van der Waals surface area contributed by atoms with Gasteiger partial charge < -0.3 is 14.3 Å². The first-order valence-electron chi connectivity index (χ1n) is 9.68. The van der Waals surface area contributed by atoms with Gasteiger partial charge in [-0.2, -0.15) is 4.98 Å². The van der Waals surface area contributed by atoms with E-state index in [4.69, 9.17) is 8.94 Å².